The first-order valence-corrected chi connectivity index (χ1v) is 6.85. The summed E-state index contributed by atoms with van der Waals surface area (Å²) in [6.45, 7) is 7.57. The number of aliphatic carboxylic acids is 1. The third kappa shape index (κ3) is 2.55. The summed E-state index contributed by atoms with van der Waals surface area (Å²) in [5, 5.41) is 12.0. The zero-order valence-corrected chi connectivity index (χ0v) is 12.3. The van der Waals surface area contributed by atoms with E-state index in [-0.39, 0.29) is 11.9 Å². The molecule has 0 radical (unpaired) electrons. The number of nitrogens with one attached hydrogen (secondary N) is 1. The van der Waals surface area contributed by atoms with Crippen molar-refractivity contribution in [3.63, 3.8) is 0 Å². The van der Waals surface area contributed by atoms with E-state index in [0.717, 1.165) is 5.56 Å². The lowest BCUT2D eigenvalue weighted by molar-refractivity contribution is -0.140. The highest BCUT2D eigenvalue weighted by molar-refractivity contribution is 5.91. The third-order valence-corrected chi connectivity index (χ3v) is 4.31. The molecule has 0 bridgehead atoms. The Hall–Kier alpha value is -1.84. The van der Waals surface area contributed by atoms with E-state index in [1.54, 1.807) is 0 Å². The molecule has 3 atom stereocenters. The maximum atomic E-state index is 12.2. The number of hydrogen-bond donors (Lipinski definition) is 2. The summed E-state index contributed by atoms with van der Waals surface area (Å²) in [4.78, 5) is 23.3. The number of carboxylic acids is 1. The Morgan fingerprint density at radius 2 is 1.75 bits per heavy atom. The zero-order chi connectivity index (χ0) is 15.1. The van der Waals surface area contributed by atoms with Gasteiger partial charge in [0.25, 0.3) is 0 Å². The van der Waals surface area contributed by atoms with Gasteiger partial charge in [0.15, 0.2) is 0 Å². The summed E-state index contributed by atoms with van der Waals surface area (Å²) in [5.74, 6) is -2.07. The monoisotopic (exact) mass is 275 g/mol. The highest BCUT2D eigenvalue weighted by atomic mass is 16.4. The van der Waals surface area contributed by atoms with E-state index >= 15 is 0 Å². The second-order valence-corrected chi connectivity index (χ2v) is 6.26. The molecule has 1 fully saturated rings. The van der Waals surface area contributed by atoms with Crippen LogP contribution in [-0.2, 0) is 9.59 Å². The molecule has 4 heteroatoms. The minimum absolute atomic E-state index is 0.117. The number of carboxylic acid groups (broad SMARTS) is 1. The maximum Gasteiger partial charge on any atom is 0.307 e. The van der Waals surface area contributed by atoms with E-state index in [2.05, 4.69) is 5.32 Å². The van der Waals surface area contributed by atoms with Gasteiger partial charge in [0.05, 0.1) is 17.9 Å². The summed E-state index contributed by atoms with van der Waals surface area (Å²) in [6.07, 6.45) is 0. The fraction of sp³-hybridized carbons (Fsp3) is 0.500. The number of rotatable bonds is 4. The van der Waals surface area contributed by atoms with E-state index in [1.807, 2.05) is 52.0 Å². The van der Waals surface area contributed by atoms with E-state index < -0.39 is 23.2 Å². The van der Waals surface area contributed by atoms with Crippen molar-refractivity contribution in [1.82, 2.24) is 5.32 Å². The Balaban J connectivity index is 2.02. The molecular formula is C16H21NO3. The lowest BCUT2D eigenvalue weighted by Crippen LogP contribution is -2.30. The molecule has 1 amide bonds. The molecule has 0 aliphatic heterocycles. The molecule has 0 spiro atoms. The summed E-state index contributed by atoms with van der Waals surface area (Å²) < 4.78 is 0. The Kier molecular flexibility index (Phi) is 3.59. The molecule has 1 aliphatic carbocycles. The number of amides is 1. The number of aryl methyl sites for hydroxylation is 1. The predicted octanol–water partition coefficient (Wildman–Crippen LogP) is 2.53. The Morgan fingerprint density at radius 1 is 1.20 bits per heavy atom. The molecule has 4 nitrogen and oxygen atoms in total. The molecule has 1 aliphatic rings. The second kappa shape index (κ2) is 4.93. The first-order valence-electron chi connectivity index (χ1n) is 6.85. The van der Waals surface area contributed by atoms with Crippen LogP contribution in [0.25, 0.3) is 0 Å². The highest BCUT2D eigenvalue weighted by Gasteiger charge is 2.65. The molecule has 2 rings (SSSR count). The van der Waals surface area contributed by atoms with Crippen LogP contribution in [0, 0.1) is 24.2 Å². The van der Waals surface area contributed by atoms with Gasteiger partial charge in [0.2, 0.25) is 5.91 Å². The summed E-state index contributed by atoms with van der Waals surface area (Å²) in [6, 6.07) is 7.84. The van der Waals surface area contributed by atoms with Gasteiger partial charge in [-0.1, -0.05) is 43.7 Å². The molecule has 1 saturated carbocycles. The molecule has 20 heavy (non-hydrogen) atoms. The van der Waals surface area contributed by atoms with Crippen LogP contribution in [0.4, 0.5) is 0 Å². The maximum absolute atomic E-state index is 12.2. The lowest BCUT2D eigenvalue weighted by Gasteiger charge is -2.15. The molecule has 2 N–H and O–H groups in total. The van der Waals surface area contributed by atoms with Gasteiger partial charge in [-0.2, -0.15) is 0 Å². The van der Waals surface area contributed by atoms with E-state index in [0.29, 0.717) is 0 Å². The number of hydrogen-bond acceptors (Lipinski definition) is 2. The SMILES string of the molecule is Cc1ccc([C@@H](C)NC(=O)[C@H]2[C@@H](C(=O)O)C2(C)C)cc1. The van der Waals surface area contributed by atoms with Crippen LogP contribution in [0.3, 0.4) is 0 Å². The van der Waals surface area contributed by atoms with Crippen molar-refractivity contribution in [2.75, 3.05) is 0 Å². The van der Waals surface area contributed by atoms with Crippen molar-refractivity contribution in [1.29, 1.82) is 0 Å². The van der Waals surface area contributed by atoms with Crippen molar-refractivity contribution < 1.29 is 14.7 Å². The fourth-order valence-electron chi connectivity index (χ4n) is 2.83. The van der Waals surface area contributed by atoms with E-state index in [1.165, 1.54) is 5.56 Å². The topological polar surface area (TPSA) is 66.4 Å². The van der Waals surface area contributed by atoms with Gasteiger partial charge in [-0.15, -0.1) is 0 Å². The smallest absolute Gasteiger partial charge is 0.307 e. The highest BCUT2D eigenvalue weighted by Crippen LogP contribution is 2.58. The Morgan fingerprint density at radius 3 is 2.20 bits per heavy atom. The second-order valence-electron chi connectivity index (χ2n) is 6.26. The molecule has 0 heterocycles. The minimum atomic E-state index is -0.891. The standard InChI is InChI=1S/C16H21NO3/c1-9-5-7-11(8-6-9)10(2)17-14(18)12-13(15(19)20)16(12,3)4/h5-8,10,12-13H,1-4H3,(H,17,18)(H,19,20)/t10-,12-,13+/m1/s1. The molecule has 0 aromatic heterocycles. The average Bonchev–Trinajstić information content (AvgIpc) is 2.93. The quantitative estimate of drug-likeness (QED) is 0.887. The molecule has 1 aromatic rings. The minimum Gasteiger partial charge on any atom is -0.481 e. The lowest BCUT2D eigenvalue weighted by atomic mass is 10.1. The van der Waals surface area contributed by atoms with Gasteiger partial charge in [0, 0.05) is 0 Å². The van der Waals surface area contributed by atoms with Crippen molar-refractivity contribution >= 4 is 11.9 Å². The van der Waals surface area contributed by atoms with Crippen molar-refractivity contribution in [2.45, 2.75) is 33.7 Å². The summed E-state index contributed by atoms with van der Waals surface area (Å²) in [5.41, 5.74) is 1.74. The normalized spacial score (nSPS) is 24.8. The largest absolute Gasteiger partial charge is 0.481 e. The number of carbonyl (C=O) groups is 2. The van der Waals surface area contributed by atoms with Crippen molar-refractivity contribution in [3.05, 3.63) is 35.4 Å². The Labute approximate surface area is 119 Å². The van der Waals surface area contributed by atoms with Gasteiger partial charge < -0.3 is 10.4 Å². The van der Waals surface area contributed by atoms with Crippen LogP contribution in [0.5, 0.6) is 0 Å². The Bertz CT molecular complexity index is 533. The zero-order valence-electron chi connectivity index (χ0n) is 12.3. The van der Waals surface area contributed by atoms with Gasteiger partial charge >= 0.3 is 5.97 Å². The van der Waals surface area contributed by atoms with E-state index in [9.17, 15) is 9.59 Å². The molecule has 108 valence electrons. The first kappa shape index (κ1) is 14.6. The van der Waals surface area contributed by atoms with Crippen LogP contribution in [0.15, 0.2) is 24.3 Å². The predicted molar refractivity (Wildman–Crippen MR) is 76.1 cm³/mol. The average molecular weight is 275 g/mol. The van der Waals surface area contributed by atoms with Crippen LogP contribution in [-0.4, -0.2) is 17.0 Å². The molecule has 1 aromatic carbocycles. The van der Waals surface area contributed by atoms with Gasteiger partial charge in [0.1, 0.15) is 0 Å². The summed E-state index contributed by atoms with van der Waals surface area (Å²) >= 11 is 0. The van der Waals surface area contributed by atoms with Crippen LogP contribution >= 0.6 is 0 Å². The molecule has 0 saturated heterocycles. The molecule has 0 unspecified atom stereocenters. The van der Waals surface area contributed by atoms with Crippen molar-refractivity contribution in [2.24, 2.45) is 17.3 Å². The summed E-state index contributed by atoms with van der Waals surface area (Å²) in [7, 11) is 0. The molecular weight excluding hydrogens is 254 g/mol. The van der Waals surface area contributed by atoms with Crippen LogP contribution < -0.4 is 5.32 Å². The van der Waals surface area contributed by atoms with E-state index in [4.69, 9.17) is 5.11 Å². The number of carbonyl (C=O) groups excluding carboxylic acids is 1. The van der Waals surface area contributed by atoms with Gasteiger partial charge in [-0.3, -0.25) is 9.59 Å². The first-order chi connectivity index (χ1) is 9.25. The van der Waals surface area contributed by atoms with Crippen LogP contribution in [0.1, 0.15) is 37.9 Å². The van der Waals surface area contributed by atoms with Crippen LogP contribution in [0.2, 0.25) is 0 Å². The van der Waals surface area contributed by atoms with Crippen molar-refractivity contribution in [3.8, 4) is 0 Å². The number of benzene rings is 1. The van der Waals surface area contributed by atoms with Gasteiger partial charge in [-0.05, 0) is 24.8 Å². The van der Waals surface area contributed by atoms with Gasteiger partial charge in [-0.25, -0.2) is 0 Å². The third-order valence-electron chi connectivity index (χ3n) is 4.31. The fourth-order valence-corrected chi connectivity index (χ4v) is 2.83.